The van der Waals surface area contributed by atoms with Crippen molar-refractivity contribution in [2.75, 3.05) is 45.3 Å². The zero-order valence-corrected chi connectivity index (χ0v) is 19.4. The number of hydrogen-bond acceptors (Lipinski definition) is 5. The van der Waals surface area contributed by atoms with Gasteiger partial charge in [-0.05, 0) is 46.3 Å². The van der Waals surface area contributed by atoms with Crippen LogP contribution in [0.5, 0.6) is 11.5 Å². The highest BCUT2D eigenvalue weighted by atomic mass is 79.9. The second-order valence-corrected chi connectivity index (χ2v) is 8.05. The first-order chi connectivity index (χ1) is 15.2. The van der Waals surface area contributed by atoms with Crippen molar-refractivity contribution in [2.45, 2.75) is 6.18 Å². The van der Waals surface area contributed by atoms with Crippen LogP contribution in [0.2, 0.25) is 0 Å². The van der Waals surface area contributed by atoms with Crippen molar-refractivity contribution in [1.82, 2.24) is 4.90 Å². The lowest BCUT2D eigenvalue weighted by atomic mass is 10.1. The molecule has 1 saturated heterocycles. The van der Waals surface area contributed by atoms with E-state index in [0.717, 1.165) is 17.7 Å². The molecule has 0 aromatic heterocycles. The highest BCUT2D eigenvalue weighted by molar-refractivity contribution is 9.10. The van der Waals surface area contributed by atoms with Gasteiger partial charge in [-0.3, -0.25) is 4.79 Å². The van der Waals surface area contributed by atoms with E-state index in [0.29, 0.717) is 41.5 Å². The molecule has 0 spiro atoms. The minimum Gasteiger partial charge on any atom is -0.493 e. The molecule has 0 aliphatic carbocycles. The highest BCUT2D eigenvalue weighted by Crippen LogP contribution is 2.37. The lowest BCUT2D eigenvalue weighted by Gasteiger charge is -2.29. The Bertz CT molecular complexity index is 997. The standard InChI is InChI=1S/C21H20BrF3N2O4S/c1-29-17-10-13(20(32)27-5-7-30-8-6-27)9-16(22)19(17)31-12-18(28)26-15-4-2-3-14(11-15)21(23,24)25/h2-4,9-11H,5-8,12H2,1H3,(H,26,28). The van der Waals surface area contributed by atoms with Gasteiger partial charge in [0.05, 0.1) is 30.4 Å². The third-order valence-corrected chi connectivity index (χ3v) is 5.68. The van der Waals surface area contributed by atoms with Crippen LogP contribution < -0.4 is 14.8 Å². The molecule has 1 aliphatic heterocycles. The predicted octanol–water partition coefficient (Wildman–Crippen LogP) is 4.50. The average Bonchev–Trinajstić information content (AvgIpc) is 2.77. The smallest absolute Gasteiger partial charge is 0.416 e. The van der Waals surface area contributed by atoms with Gasteiger partial charge in [0, 0.05) is 24.3 Å². The zero-order chi connectivity index (χ0) is 23.3. The fourth-order valence-corrected chi connectivity index (χ4v) is 3.90. The van der Waals surface area contributed by atoms with Crippen LogP contribution in [-0.2, 0) is 15.7 Å². The molecular weight excluding hydrogens is 513 g/mol. The number of alkyl halides is 3. The minimum absolute atomic E-state index is 0.0191. The molecule has 172 valence electrons. The first-order valence-corrected chi connectivity index (χ1v) is 10.7. The summed E-state index contributed by atoms with van der Waals surface area (Å²) in [6.45, 7) is 2.14. The largest absolute Gasteiger partial charge is 0.493 e. The molecule has 0 atom stereocenters. The molecule has 3 rings (SSSR count). The Morgan fingerprint density at radius 2 is 1.97 bits per heavy atom. The van der Waals surface area contributed by atoms with Crippen molar-refractivity contribution in [1.29, 1.82) is 0 Å². The van der Waals surface area contributed by atoms with Gasteiger partial charge in [-0.2, -0.15) is 13.2 Å². The van der Waals surface area contributed by atoms with Crippen LogP contribution in [0.4, 0.5) is 18.9 Å². The van der Waals surface area contributed by atoms with E-state index in [1.54, 1.807) is 12.1 Å². The molecule has 0 radical (unpaired) electrons. The first-order valence-electron chi connectivity index (χ1n) is 9.53. The van der Waals surface area contributed by atoms with Crippen molar-refractivity contribution in [3.63, 3.8) is 0 Å². The summed E-state index contributed by atoms with van der Waals surface area (Å²) in [5.41, 5.74) is -0.0930. The van der Waals surface area contributed by atoms with E-state index in [1.807, 2.05) is 4.90 Å². The Balaban J connectivity index is 1.68. The molecule has 1 amide bonds. The fraction of sp³-hybridized carbons (Fsp3) is 0.333. The average molecular weight is 533 g/mol. The lowest BCUT2D eigenvalue weighted by Crippen LogP contribution is -2.40. The van der Waals surface area contributed by atoms with Gasteiger partial charge in [-0.25, -0.2) is 0 Å². The second kappa shape index (κ2) is 10.5. The number of rotatable bonds is 6. The summed E-state index contributed by atoms with van der Waals surface area (Å²) in [4.78, 5) is 14.9. The van der Waals surface area contributed by atoms with Crippen molar-refractivity contribution in [3.8, 4) is 11.5 Å². The number of halogens is 4. The zero-order valence-electron chi connectivity index (χ0n) is 17.0. The summed E-state index contributed by atoms with van der Waals surface area (Å²) in [7, 11) is 1.46. The molecule has 11 heteroatoms. The number of amides is 1. The van der Waals surface area contributed by atoms with Gasteiger partial charge in [0.15, 0.2) is 18.1 Å². The summed E-state index contributed by atoms with van der Waals surface area (Å²) in [5.74, 6) is 0.0169. The molecule has 32 heavy (non-hydrogen) atoms. The number of hydrogen-bond donors (Lipinski definition) is 1. The van der Waals surface area contributed by atoms with Crippen LogP contribution >= 0.6 is 28.1 Å². The molecule has 0 saturated carbocycles. The summed E-state index contributed by atoms with van der Waals surface area (Å²) < 4.78 is 55.4. The lowest BCUT2D eigenvalue weighted by molar-refractivity contribution is -0.137. The summed E-state index contributed by atoms with van der Waals surface area (Å²) >= 11 is 8.99. The third kappa shape index (κ3) is 6.11. The molecule has 0 bridgehead atoms. The fourth-order valence-electron chi connectivity index (χ4n) is 3.04. The molecule has 2 aromatic rings. The number of anilines is 1. The number of thiocarbonyl (C=S) groups is 1. The Morgan fingerprint density at radius 3 is 2.62 bits per heavy atom. The number of nitrogens with zero attached hydrogens (tertiary/aromatic N) is 1. The van der Waals surface area contributed by atoms with Gasteiger partial charge in [0.1, 0.15) is 4.99 Å². The van der Waals surface area contributed by atoms with Crippen LogP contribution in [-0.4, -0.2) is 55.8 Å². The summed E-state index contributed by atoms with van der Waals surface area (Å²) in [6, 6.07) is 7.84. The topological polar surface area (TPSA) is 60.0 Å². The number of carbonyl (C=O) groups is 1. The number of carbonyl (C=O) groups excluding carboxylic acids is 1. The number of morpholine rings is 1. The summed E-state index contributed by atoms with van der Waals surface area (Å²) in [6.07, 6.45) is -4.50. The highest BCUT2D eigenvalue weighted by Gasteiger charge is 2.30. The Labute approximate surface area is 196 Å². The van der Waals surface area contributed by atoms with Crippen LogP contribution in [0.25, 0.3) is 0 Å². The molecule has 0 unspecified atom stereocenters. The number of nitrogens with one attached hydrogen (secondary N) is 1. The second-order valence-electron chi connectivity index (χ2n) is 6.81. The monoisotopic (exact) mass is 532 g/mol. The van der Waals surface area contributed by atoms with Crippen molar-refractivity contribution in [3.05, 3.63) is 52.0 Å². The van der Waals surface area contributed by atoms with Crippen LogP contribution in [0.3, 0.4) is 0 Å². The van der Waals surface area contributed by atoms with Gasteiger partial charge in [0.25, 0.3) is 5.91 Å². The van der Waals surface area contributed by atoms with Crippen molar-refractivity contribution < 1.29 is 32.2 Å². The van der Waals surface area contributed by atoms with Gasteiger partial charge < -0.3 is 24.4 Å². The van der Waals surface area contributed by atoms with E-state index < -0.39 is 24.3 Å². The van der Waals surface area contributed by atoms with Gasteiger partial charge in [-0.1, -0.05) is 18.3 Å². The van der Waals surface area contributed by atoms with Gasteiger partial charge >= 0.3 is 6.18 Å². The van der Waals surface area contributed by atoms with Crippen LogP contribution in [0, 0.1) is 0 Å². The van der Waals surface area contributed by atoms with Crippen LogP contribution in [0.15, 0.2) is 40.9 Å². The quantitative estimate of drug-likeness (QED) is 0.552. The third-order valence-electron chi connectivity index (χ3n) is 4.60. The number of benzene rings is 2. The van der Waals surface area contributed by atoms with E-state index in [9.17, 15) is 18.0 Å². The van der Waals surface area contributed by atoms with Crippen LogP contribution in [0.1, 0.15) is 11.1 Å². The van der Waals surface area contributed by atoms with E-state index >= 15 is 0 Å². The Kier molecular flexibility index (Phi) is 7.96. The molecule has 1 N–H and O–H groups in total. The van der Waals surface area contributed by atoms with E-state index in [2.05, 4.69) is 21.2 Å². The Hall–Kier alpha value is -2.37. The van der Waals surface area contributed by atoms with Crippen molar-refractivity contribution in [2.24, 2.45) is 0 Å². The van der Waals surface area contributed by atoms with Crippen molar-refractivity contribution >= 4 is 44.7 Å². The maximum atomic E-state index is 12.8. The summed E-state index contributed by atoms with van der Waals surface area (Å²) in [5, 5.41) is 2.39. The van der Waals surface area contributed by atoms with Gasteiger partial charge in [-0.15, -0.1) is 0 Å². The number of methoxy groups -OCH3 is 1. The normalized spacial score (nSPS) is 14.1. The van der Waals surface area contributed by atoms with E-state index in [1.165, 1.54) is 19.2 Å². The minimum atomic E-state index is -4.50. The maximum Gasteiger partial charge on any atom is 0.416 e. The molecule has 1 fully saturated rings. The van der Waals surface area contributed by atoms with E-state index in [4.69, 9.17) is 26.4 Å². The Morgan fingerprint density at radius 1 is 1.25 bits per heavy atom. The maximum absolute atomic E-state index is 12.8. The molecular formula is C21H20BrF3N2O4S. The molecule has 1 aliphatic rings. The molecule has 6 nitrogen and oxygen atoms in total. The predicted molar refractivity (Wildman–Crippen MR) is 120 cm³/mol. The number of ether oxygens (including phenoxy) is 3. The SMILES string of the molecule is COc1cc(C(=S)N2CCOCC2)cc(Br)c1OCC(=O)Nc1cccc(C(F)(F)F)c1. The molecule has 1 heterocycles. The van der Waals surface area contributed by atoms with Gasteiger partial charge in [0.2, 0.25) is 0 Å². The van der Waals surface area contributed by atoms with E-state index in [-0.39, 0.29) is 11.4 Å². The molecule has 2 aromatic carbocycles. The first kappa shape index (κ1) is 24.3.